The average Bonchev–Trinajstić information content (AvgIpc) is 2.85. The van der Waals surface area contributed by atoms with E-state index in [1.165, 1.54) is 12.1 Å². The zero-order valence-electron chi connectivity index (χ0n) is 12.4. The molecule has 1 fully saturated rings. The van der Waals surface area contributed by atoms with E-state index in [2.05, 4.69) is 0 Å². The van der Waals surface area contributed by atoms with E-state index >= 15 is 0 Å². The van der Waals surface area contributed by atoms with Gasteiger partial charge in [-0.25, -0.2) is 8.78 Å². The summed E-state index contributed by atoms with van der Waals surface area (Å²) in [5.41, 5.74) is -0.646. The molecule has 5 heteroatoms. The molecule has 1 saturated carbocycles. The van der Waals surface area contributed by atoms with Gasteiger partial charge in [-0.3, -0.25) is 0 Å². The number of likely N-dealkylation sites (N-methyl/N-ethyl adjacent to an activating group) is 1. The molecule has 0 aliphatic heterocycles. The van der Waals surface area contributed by atoms with E-state index in [0.717, 1.165) is 31.7 Å². The van der Waals surface area contributed by atoms with E-state index in [-0.39, 0.29) is 5.56 Å². The summed E-state index contributed by atoms with van der Waals surface area (Å²) in [5, 5.41) is 20.3. The SMILES string of the molecule is CN(CCC(O)c1cccc(F)c1F)CC1(O)CCCC1. The Morgan fingerprint density at radius 2 is 1.95 bits per heavy atom. The Balaban J connectivity index is 1.85. The third kappa shape index (κ3) is 4.22. The highest BCUT2D eigenvalue weighted by atomic mass is 19.2. The van der Waals surface area contributed by atoms with Crippen molar-refractivity contribution in [2.24, 2.45) is 0 Å². The molecule has 3 nitrogen and oxygen atoms in total. The van der Waals surface area contributed by atoms with Crippen LogP contribution in [0.5, 0.6) is 0 Å². The third-order valence-electron chi connectivity index (χ3n) is 4.22. The number of rotatable bonds is 6. The van der Waals surface area contributed by atoms with Crippen molar-refractivity contribution in [2.75, 3.05) is 20.1 Å². The summed E-state index contributed by atoms with van der Waals surface area (Å²) in [4.78, 5) is 1.94. The van der Waals surface area contributed by atoms with Gasteiger partial charge < -0.3 is 15.1 Å². The number of nitrogens with zero attached hydrogens (tertiary/aromatic N) is 1. The van der Waals surface area contributed by atoms with E-state index in [1.54, 1.807) is 0 Å². The lowest BCUT2D eigenvalue weighted by Gasteiger charge is -2.29. The molecule has 1 aromatic rings. The second-order valence-corrected chi connectivity index (χ2v) is 6.12. The van der Waals surface area contributed by atoms with E-state index in [1.807, 2.05) is 11.9 Å². The molecule has 1 aliphatic rings. The van der Waals surface area contributed by atoms with Gasteiger partial charge in [-0.15, -0.1) is 0 Å². The van der Waals surface area contributed by atoms with Gasteiger partial charge in [0.15, 0.2) is 11.6 Å². The lowest BCUT2D eigenvalue weighted by Crippen LogP contribution is -2.39. The number of hydrogen-bond donors (Lipinski definition) is 2. The summed E-state index contributed by atoms with van der Waals surface area (Å²) >= 11 is 0. The monoisotopic (exact) mass is 299 g/mol. The van der Waals surface area contributed by atoms with Gasteiger partial charge in [0, 0.05) is 18.7 Å². The summed E-state index contributed by atoms with van der Waals surface area (Å²) in [7, 11) is 1.87. The van der Waals surface area contributed by atoms with Crippen molar-refractivity contribution in [1.82, 2.24) is 4.90 Å². The molecule has 0 bridgehead atoms. The van der Waals surface area contributed by atoms with Crippen LogP contribution in [0.3, 0.4) is 0 Å². The molecular formula is C16H23F2NO2. The Morgan fingerprint density at radius 1 is 1.29 bits per heavy atom. The van der Waals surface area contributed by atoms with E-state index < -0.39 is 23.3 Å². The van der Waals surface area contributed by atoms with Crippen LogP contribution in [0.2, 0.25) is 0 Å². The lowest BCUT2D eigenvalue weighted by atomic mass is 10.0. The molecular weight excluding hydrogens is 276 g/mol. The minimum atomic E-state index is -1.04. The molecule has 0 heterocycles. The van der Waals surface area contributed by atoms with Gasteiger partial charge in [0.25, 0.3) is 0 Å². The molecule has 118 valence electrons. The Morgan fingerprint density at radius 3 is 2.62 bits per heavy atom. The lowest BCUT2D eigenvalue weighted by molar-refractivity contribution is 0.0127. The number of aliphatic hydroxyl groups is 2. The molecule has 0 saturated heterocycles. The largest absolute Gasteiger partial charge is 0.389 e. The van der Waals surface area contributed by atoms with Gasteiger partial charge in [0.2, 0.25) is 0 Å². The van der Waals surface area contributed by atoms with E-state index in [0.29, 0.717) is 19.5 Å². The Bertz CT molecular complexity index is 475. The van der Waals surface area contributed by atoms with Crippen molar-refractivity contribution in [3.05, 3.63) is 35.4 Å². The quantitative estimate of drug-likeness (QED) is 0.848. The summed E-state index contributed by atoms with van der Waals surface area (Å²) in [5.74, 6) is -1.93. The number of halogens is 2. The van der Waals surface area contributed by atoms with Gasteiger partial charge in [0.1, 0.15) is 0 Å². The normalized spacial score (nSPS) is 19.1. The summed E-state index contributed by atoms with van der Waals surface area (Å²) in [6, 6.07) is 3.82. The predicted octanol–water partition coefficient (Wildman–Crippen LogP) is 2.63. The van der Waals surface area contributed by atoms with E-state index in [4.69, 9.17) is 0 Å². The Labute approximate surface area is 124 Å². The minimum Gasteiger partial charge on any atom is -0.389 e. The zero-order valence-corrected chi connectivity index (χ0v) is 12.4. The van der Waals surface area contributed by atoms with Crippen molar-refractivity contribution >= 4 is 0 Å². The smallest absolute Gasteiger partial charge is 0.164 e. The topological polar surface area (TPSA) is 43.7 Å². The predicted molar refractivity (Wildman–Crippen MR) is 76.8 cm³/mol. The van der Waals surface area contributed by atoms with Gasteiger partial charge in [-0.05, 0) is 32.4 Å². The third-order valence-corrected chi connectivity index (χ3v) is 4.22. The van der Waals surface area contributed by atoms with Crippen LogP contribution >= 0.6 is 0 Å². The molecule has 1 unspecified atom stereocenters. The van der Waals surface area contributed by atoms with Gasteiger partial charge >= 0.3 is 0 Å². The summed E-state index contributed by atoms with van der Waals surface area (Å²) in [6.45, 7) is 1.06. The van der Waals surface area contributed by atoms with Crippen LogP contribution in [-0.2, 0) is 0 Å². The van der Waals surface area contributed by atoms with Crippen LogP contribution in [0.4, 0.5) is 8.78 Å². The molecule has 2 N–H and O–H groups in total. The minimum absolute atomic E-state index is 0.0111. The maximum absolute atomic E-state index is 13.6. The highest BCUT2D eigenvalue weighted by Crippen LogP contribution is 2.30. The standard InChI is InChI=1S/C16H23F2NO2/c1-19(11-16(21)8-2-3-9-16)10-7-14(20)12-5-4-6-13(17)15(12)18/h4-6,14,20-21H,2-3,7-11H2,1H3. The Kier molecular flexibility index (Phi) is 5.30. The molecule has 0 aromatic heterocycles. The number of hydrogen-bond acceptors (Lipinski definition) is 3. The number of aliphatic hydroxyl groups excluding tert-OH is 1. The van der Waals surface area contributed by atoms with Crippen molar-refractivity contribution in [3.63, 3.8) is 0 Å². The molecule has 0 amide bonds. The number of benzene rings is 1. The molecule has 1 aromatic carbocycles. The highest BCUT2D eigenvalue weighted by Gasteiger charge is 2.32. The second kappa shape index (κ2) is 6.81. The first-order valence-corrected chi connectivity index (χ1v) is 7.44. The van der Waals surface area contributed by atoms with E-state index in [9.17, 15) is 19.0 Å². The van der Waals surface area contributed by atoms with Crippen molar-refractivity contribution in [2.45, 2.75) is 43.8 Å². The fourth-order valence-electron chi connectivity index (χ4n) is 3.05. The highest BCUT2D eigenvalue weighted by molar-refractivity contribution is 5.21. The maximum Gasteiger partial charge on any atom is 0.164 e. The van der Waals surface area contributed by atoms with Crippen LogP contribution in [0.15, 0.2) is 18.2 Å². The van der Waals surface area contributed by atoms with Crippen LogP contribution in [0, 0.1) is 11.6 Å². The maximum atomic E-state index is 13.6. The van der Waals surface area contributed by atoms with Crippen LogP contribution in [-0.4, -0.2) is 40.9 Å². The zero-order chi connectivity index (χ0) is 15.5. The second-order valence-electron chi connectivity index (χ2n) is 6.12. The molecule has 2 rings (SSSR count). The summed E-state index contributed by atoms with van der Waals surface area (Å²) < 4.78 is 26.7. The fraction of sp³-hybridized carbons (Fsp3) is 0.625. The molecule has 1 atom stereocenters. The van der Waals surface area contributed by atoms with Crippen molar-refractivity contribution < 1.29 is 19.0 Å². The molecule has 0 spiro atoms. The van der Waals surface area contributed by atoms with Gasteiger partial charge in [-0.2, -0.15) is 0 Å². The molecule has 21 heavy (non-hydrogen) atoms. The first-order valence-electron chi connectivity index (χ1n) is 7.44. The van der Waals surface area contributed by atoms with Crippen LogP contribution < -0.4 is 0 Å². The van der Waals surface area contributed by atoms with Gasteiger partial charge in [-0.1, -0.05) is 25.0 Å². The van der Waals surface area contributed by atoms with Crippen molar-refractivity contribution in [3.8, 4) is 0 Å². The van der Waals surface area contributed by atoms with Gasteiger partial charge in [0.05, 0.1) is 11.7 Å². The molecule has 0 radical (unpaired) electrons. The van der Waals surface area contributed by atoms with Crippen LogP contribution in [0.1, 0.15) is 43.8 Å². The van der Waals surface area contributed by atoms with Crippen LogP contribution in [0.25, 0.3) is 0 Å². The average molecular weight is 299 g/mol. The van der Waals surface area contributed by atoms with Crippen molar-refractivity contribution in [1.29, 1.82) is 0 Å². The molecule has 1 aliphatic carbocycles. The first-order chi connectivity index (χ1) is 9.91. The summed E-state index contributed by atoms with van der Waals surface area (Å²) in [6.07, 6.45) is 2.95. The fourth-order valence-corrected chi connectivity index (χ4v) is 3.05. The first kappa shape index (κ1) is 16.3. The Hall–Kier alpha value is -1.04.